The Morgan fingerprint density at radius 3 is 2.70 bits per heavy atom. The van der Waals surface area contributed by atoms with E-state index in [4.69, 9.17) is 14.2 Å². The average Bonchev–Trinajstić information content (AvgIpc) is 3.22. The predicted molar refractivity (Wildman–Crippen MR) is 104 cm³/mol. The Labute approximate surface area is 173 Å². The second-order valence-electron chi connectivity index (χ2n) is 7.73. The lowest BCUT2D eigenvalue weighted by Crippen LogP contribution is -2.62. The summed E-state index contributed by atoms with van der Waals surface area (Å²) in [6, 6.07) is -1.57. The number of carbonyl (C=O) groups excluding carboxylic acids is 3. The Balaban J connectivity index is 1.84. The first kappa shape index (κ1) is 20.1. The first-order chi connectivity index (χ1) is 14.3. The molecule has 0 aromatic heterocycles. The molecule has 2 atom stereocenters. The largest absolute Gasteiger partial charge is 0.507 e. The number of hydrogen-bond donors (Lipinski definition) is 1. The number of likely N-dealkylation sites (N-methyl/N-ethyl adjacent to an activating group) is 1. The third-order valence-electron chi connectivity index (χ3n) is 6.02. The molecule has 3 aliphatic heterocycles. The minimum absolute atomic E-state index is 0.00309. The Bertz CT molecular complexity index is 984. The first-order valence-corrected chi connectivity index (χ1v) is 9.76. The standard InChI is InChI=1S/C21H24N2O7/c1-5-10(2)21(27)28-8-14-16-12(17(25)11(3)18-19(16)30-9-29-18)6-13-20(26)22(4)7-15(24)23(13)14/h5,13-14,25H,6-9H2,1-4H3/b10-5-/t13?,14-/m0/s1. The SMILES string of the molecule is C/C=C(/C)C(=O)OC[C@H]1c2c(c(O)c(C)c3c2OCO3)CC2C(=O)N(C)CC(=O)N21. The van der Waals surface area contributed by atoms with Crippen molar-refractivity contribution < 1.29 is 33.7 Å². The van der Waals surface area contributed by atoms with Crippen molar-refractivity contribution in [2.75, 3.05) is 27.0 Å². The maximum atomic E-state index is 12.9. The van der Waals surface area contributed by atoms with Crippen molar-refractivity contribution in [2.24, 2.45) is 0 Å². The van der Waals surface area contributed by atoms with Gasteiger partial charge in [-0.05, 0) is 20.8 Å². The molecule has 0 radical (unpaired) electrons. The number of rotatable bonds is 3. The van der Waals surface area contributed by atoms with Gasteiger partial charge in [0.25, 0.3) is 0 Å². The third kappa shape index (κ3) is 2.88. The van der Waals surface area contributed by atoms with E-state index in [-0.39, 0.29) is 43.9 Å². The van der Waals surface area contributed by atoms with Crippen LogP contribution in [0.2, 0.25) is 0 Å². The van der Waals surface area contributed by atoms with E-state index in [0.29, 0.717) is 33.8 Å². The summed E-state index contributed by atoms with van der Waals surface area (Å²) in [6.07, 6.45) is 1.78. The van der Waals surface area contributed by atoms with Crippen LogP contribution in [0.15, 0.2) is 11.6 Å². The van der Waals surface area contributed by atoms with Gasteiger partial charge in [0.2, 0.25) is 18.6 Å². The smallest absolute Gasteiger partial charge is 0.333 e. The number of nitrogens with zero attached hydrogens (tertiary/aromatic N) is 2. The number of hydrogen-bond acceptors (Lipinski definition) is 7. The molecule has 1 fully saturated rings. The van der Waals surface area contributed by atoms with Crippen molar-refractivity contribution in [2.45, 2.75) is 39.3 Å². The molecule has 1 N–H and O–H groups in total. The molecule has 1 aromatic carbocycles. The molecular weight excluding hydrogens is 392 g/mol. The average molecular weight is 416 g/mol. The summed E-state index contributed by atoms with van der Waals surface area (Å²) in [5.41, 5.74) is 1.98. The van der Waals surface area contributed by atoms with Gasteiger partial charge in [-0.25, -0.2) is 4.79 Å². The highest BCUT2D eigenvalue weighted by atomic mass is 16.7. The quantitative estimate of drug-likeness (QED) is 0.583. The number of benzene rings is 1. The zero-order valence-corrected chi connectivity index (χ0v) is 17.4. The van der Waals surface area contributed by atoms with Crippen LogP contribution >= 0.6 is 0 Å². The Morgan fingerprint density at radius 1 is 1.30 bits per heavy atom. The van der Waals surface area contributed by atoms with Crippen LogP contribution in [0.5, 0.6) is 17.2 Å². The van der Waals surface area contributed by atoms with E-state index in [1.165, 1.54) is 9.80 Å². The normalized spacial score (nSPS) is 22.7. The summed E-state index contributed by atoms with van der Waals surface area (Å²) in [4.78, 5) is 40.9. The molecule has 0 saturated carbocycles. The molecule has 2 amide bonds. The molecule has 3 aliphatic rings. The Kier molecular flexibility index (Phi) is 4.83. The van der Waals surface area contributed by atoms with E-state index in [0.717, 1.165) is 0 Å². The minimum atomic E-state index is -0.791. The number of phenols is 1. The molecule has 1 saturated heterocycles. The molecule has 1 unspecified atom stereocenters. The van der Waals surface area contributed by atoms with Gasteiger partial charge in [-0.3, -0.25) is 9.59 Å². The van der Waals surface area contributed by atoms with Crippen LogP contribution in [-0.4, -0.2) is 65.7 Å². The van der Waals surface area contributed by atoms with Gasteiger partial charge in [-0.2, -0.15) is 0 Å². The fraction of sp³-hybridized carbons (Fsp3) is 0.476. The van der Waals surface area contributed by atoms with E-state index < -0.39 is 18.1 Å². The zero-order chi connectivity index (χ0) is 21.7. The van der Waals surface area contributed by atoms with Crippen LogP contribution in [0, 0.1) is 6.92 Å². The second-order valence-corrected chi connectivity index (χ2v) is 7.73. The number of ether oxygens (including phenoxy) is 3. The predicted octanol–water partition coefficient (Wildman–Crippen LogP) is 1.21. The fourth-order valence-corrected chi connectivity index (χ4v) is 4.28. The van der Waals surface area contributed by atoms with Crippen molar-refractivity contribution in [3.63, 3.8) is 0 Å². The summed E-state index contributed by atoms with van der Waals surface area (Å²) < 4.78 is 16.7. The highest BCUT2D eigenvalue weighted by molar-refractivity contribution is 5.96. The number of esters is 1. The van der Waals surface area contributed by atoms with E-state index in [9.17, 15) is 19.5 Å². The molecule has 0 spiro atoms. The molecule has 1 aromatic rings. The van der Waals surface area contributed by atoms with Crippen LogP contribution in [0.25, 0.3) is 0 Å². The van der Waals surface area contributed by atoms with Gasteiger partial charge in [0.05, 0.1) is 12.6 Å². The van der Waals surface area contributed by atoms with Crippen LogP contribution in [-0.2, 0) is 25.5 Å². The number of aromatic hydroxyl groups is 1. The lowest BCUT2D eigenvalue weighted by molar-refractivity contribution is -0.161. The summed E-state index contributed by atoms with van der Waals surface area (Å²) in [5, 5.41) is 10.9. The van der Waals surface area contributed by atoms with Crippen LogP contribution in [0.4, 0.5) is 0 Å². The van der Waals surface area contributed by atoms with Crippen molar-refractivity contribution in [3.8, 4) is 17.2 Å². The van der Waals surface area contributed by atoms with E-state index in [1.54, 1.807) is 33.9 Å². The molecule has 4 rings (SSSR count). The monoisotopic (exact) mass is 416 g/mol. The number of carbonyl (C=O) groups is 3. The molecule has 30 heavy (non-hydrogen) atoms. The van der Waals surface area contributed by atoms with E-state index in [1.807, 2.05) is 0 Å². The molecule has 0 aliphatic carbocycles. The van der Waals surface area contributed by atoms with Gasteiger partial charge in [0, 0.05) is 35.7 Å². The van der Waals surface area contributed by atoms with Gasteiger partial charge < -0.3 is 29.1 Å². The lowest BCUT2D eigenvalue weighted by Gasteiger charge is -2.47. The highest BCUT2D eigenvalue weighted by Gasteiger charge is 2.49. The Hall–Kier alpha value is -3.23. The maximum Gasteiger partial charge on any atom is 0.333 e. The highest BCUT2D eigenvalue weighted by Crippen LogP contribution is 2.52. The Morgan fingerprint density at radius 2 is 2.00 bits per heavy atom. The summed E-state index contributed by atoms with van der Waals surface area (Å²) in [7, 11) is 1.57. The van der Waals surface area contributed by atoms with Gasteiger partial charge in [0.1, 0.15) is 18.4 Å². The third-order valence-corrected chi connectivity index (χ3v) is 6.02. The number of fused-ring (bicyclic) bond motifs is 4. The van der Waals surface area contributed by atoms with Crippen LogP contribution in [0.1, 0.15) is 36.6 Å². The molecule has 0 bridgehead atoms. The number of phenolic OH excluding ortho intramolecular Hbond substituents is 1. The summed E-state index contributed by atoms with van der Waals surface area (Å²) >= 11 is 0. The minimum Gasteiger partial charge on any atom is -0.507 e. The molecule has 9 nitrogen and oxygen atoms in total. The molecule has 3 heterocycles. The number of allylic oxidation sites excluding steroid dienone is 1. The number of amides is 2. The van der Waals surface area contributed by atoms with Gasteiger partial charge in [0.15, 0.2) is 11.5 Å². The van der Waals surface area contributed by atoms with Crippen LogP contribution in [0.3, 0.4) is 0 Å². The van der Waals surface area contributed by atoms with E-state index >= 15 is 0 Å². The fourth-order valence-electron chi connectivity index (χ4n) is 4.28. The molecule has 160 valence electrons. The second kappa shape index (κ2) is 7.23. The van der Waals surface area contributed by atoms with Gasteiger partial charge in [-0.1, -0.05) is 6.08 Å². The van der Waals surface area contributed by atoms with Crippen molar-refractivity contribution in [1.29, 1.82) is 0 Å². The van der Waals surface area contributed by atoms with E-state index in [2.05, 4.69) is 0 Å². The summed E-state index contributed by atoms with van der Waals surface area (Å²) in [5.74, 6) is -0.178. The van der Waals surface area contributed by atoms with Gasteiger partial charge in [-0.15, -0.1) is 0 Å². The first-order valence-electron chi connectivity index (χ1n) is 9.76. The molecular formula is C21H24N2O7. The lowest BCUT2D eigenvalue weighted by atomic mass is 9.83. The van der Waals surface area contributed by atoms with Crippen molar-refractivity contribution in [3.05, 3.63) is 28.3 Å². The summed E-state index contributed by atoms with van der Waals surface area (Å²) in [6.45, 7) is 4.81. The molecule has 9 heteroatoms. The van der Waals surface area contributed by atoms with Crippen molar-refractivity contribution >= 4 is 17.8 Å². The van der Waals surface area contributed by atoms with Gasteiger partial charge >= 0.3 is 5.97 Å². The number of piperazine rings is 1. The van der Waals surface area contributed by atoms with Crippen LogP contribution < -0.4 is 9.47 Å². The zero-order valence-electron chi connectivity index (χ0n) is 17.4. The maximum absolute atomic E-state index is 12.9. The topological polar surface area (TPSA) is 106 Å². The van der Waals surface area contributed by atoms with Crippen molar-refractivity contribution in [1.82, 2.24) is 9.80 Å².